The molecule has 0 N–H and O–H groups in total. The summed E-state index contributed by atoms with van der Waals surface area (Å²) in [6, 6.07) is 5.05. The van der Waals surface area contributed by atoms with E-state index < -0.39 is 0 Å². The fourth-order valence-corrected chi connectivity index (χ4v) is 1.94. The molecular weight excluding hydrogens is 260 g/mol. The number of hydrogen-bond donors (Lipinski definition) is 0. The standard InChI is InChI=1S/C15H14O5/c1-18-9-4-5-14(19-2)11(6-9)10-7-13(17)15(20-3)8-12(10)16/h4-8H,1-3H3. The first kappa shape index (κ1) is 13.9. The summed E-state index contributed by atoms with van der Waals surface area (Å²) in [5.74, 6) is 0.427. The molecule has 1 aromatic carbocycles. The Hall–Kier alpha value is -2.56. The van der Waals surface area contributed by atoms with Crippen LogP contribution in [0.3, 0.4) is 0 Å². The summed E-state index contributed by atoms with van der Waals surface area (Å²) in [5.41, 5.74) is 0.767. The van der Waals surface area contributed by atoms with Crippen molar-refractivity contribution in [2.24, 2.45) is 0 Å². The average Bonchev–Trinajstić information content (AvgIpc) is 2.48. The summed E-state index contributed by atoms with van der Waals surface area (Å²) in [6.07, 6.45) is 2.43. The van der Waals surface area contributed by atoms with Gasteiger partial charge in [0.15, 0.2) is 11.5 Å². The van der Waals surface area contributed by atoms with Crippen LogP contribution in [0.1, 0.15) is 5.56 Å². The highest BCUT2D eigenvalue weighted by Gasteiger charge is 2.24. The maximum atomic E-state index is 12.1. The van der Waals surface area contributed by atoms with Gasteiger partial charge in [-0.3, -0.25) is 9.59 Å². The van der Waals surface area contributed by atoms with E-state index in [1.54, 1.807) is 18.2 Å². The summed E-state index contributed by atoms with van der Waals surface area (Å²) in [4.78, 5) is 23.9. The Morgan fingerprint density at radius 3 is 2.20 bits per heavy atom. The molecule has 2 rings (SSSR count). The number of benzene rings is 1. The number of rotatable bonds is 4. The summed E-state index contributed by atoms with van der Waals surface area (Å²) in [7, 11) is 4.37. The van der Waals surface area contributed by atoms with Crippen LogP contribution < -0.4 is 9.47 Å². The Kier molecular flexibility index (Phi) is 3.89. The Morgan fingerprint density at radius 2 is 1.60 bits per heavy atom. The van der Waals surface area contributed by atoms with Crippen molar-refractivity contribution in [3.05, 3.63) is 41.7 Å². The Morgan fingerprint density at radius 1 is 0.850 bits per heavy atom. The molecule has 5 nitrogen and oxygen atoms in total. The predicted octanol–water partition coefficient (Wildman–Crippen LogP) is 1.77. The van der Waals surface area contributed by atoms with Gasteiger partial charge in [-0.15, -0.1) is 0 Å². The lowest BCUT2D eigenvalue weighted by Gasteiger charge is -2.15. The van der Waals surface area contributed by atoms with E-state index in [0.29, 0.717) is 17.1 Å². The van der Waals surface area contributed by atoms with Crippen molar-refractivity contribution in [3.63, 3.8) is 0 Å². The number of ketones is 2. The molecule has 0 aromatic heterocycles. The van der Waals surface area contributed by atoms with Crippen molar-refractivity contribution >= 4 is 17.1 Å². The maximum Gasteiger partial charge on any atom is 0.221 e. The lowest BCUT2D eigenvalue weighted by Crippen LogP contribution is -2.14. The molecule has 0 saturated carbocycles. The molecule has 1 aliphatic carbocycles. The minimum Gasteiger partial charge on any atom is -0.497 e. The molecule has 0 radical (unpaired) electrons. The van der Waals surface area contributed by atoms with Crippen LogP contribution >= 0.6 is 0 Å². The molecule has 5 heteroatoms. The van der Waals surface area contributed by atoms with Gasteiger partial charge < -0.3 is 14.2 Å². The van der Waals surface area contributed by atoms with Crippen LogP contribution in [0.4, 0.5) is 0 Å². The molecule has 0 amide bonds. The molecule has 1 aliphatic rings. The molecule has 0 atom stereocenters. The summed E-state index contributed by atoms with van der Waals surface area (Å²) >= 11 is 0. The van der Waals surface area contributed by atoms with Crippen LogP contribution in [0.15, 0.2) is 36.1 Å². The largest absolute Gasteiger partial charge is 0.497 e. The highest BCUT2D eigenvalue weighted by molar-refractivity contribution is 6.35. The monoisotopic (exact) mass is 274 g/mol. The molecule has 0 fully saturated rings. The smallest absolute Gasteiger partial charge is 0.221 e. The fraction of sp³-hybridized carbons (Fsp3) is 0.200. The van der Waals surface area contributed by atoms with Crippen LogP contribution in [0, 0.1) is 0 Å². The van der Waals surface area contributed by atoms with Crippen molar-refractivity contribution in [2.75, 3.05) is 21.3 Å². The third-order valence-electron chi connectivity index (χ3n) is 2.96. The highest BCUT2D eigenvalue weighted by Crippen LogP contribution is 2.32. The molecule has 1 aromatic rings. The minimum atomic E-state index is -0.355. The zero-order chi connectivity index (χ0) is 14.7. The third kappa shape index (κ3) is 2.42. The van der Waals surface area contributed by atoms with Crippen molar-refractivity contribution in [1.29, 1.82) is 0 Å². The first-order valence-electron chi connectivity index (χ1n) is 5.89. The van der Waals surface area contributed by atoms with Crippen LogP contribution in [0.25, 0.3) is 5.57 Å². The molecule has 104 valence electrons. The number of ether oxygens (including phenoxy) is 3. The van der Waals surface area contributed by atoms with Gasteiger partial charge in [0, 0.05) is 23.3 Å². The second kappa shape index (κ2) is 5.61. The van der Waals surface area contributed by atoms with Gasteiger partial charge in [-0.25, -0.2) is 0 Å². The first-order chi connectivity index (χ1) is 9.60. The third-order valence-corrected chi connectivity index (χ3v) is 2.96. The van der Waals surface area contributed by atoms with Crippen LogP contribution in [0.5, 0.6) is 11.5 Å². The second-order valence-corrected chi connectivity index (χ2v) is 4.07. The fourth-order valence-electron chi connectivity index (χ4n) is 1.94. The lowest BCUT2D eigenvalue weighted by atomic mass is 9.94. The molecule has 0 aliphatic heterocycles. The number of methoxy groups -OCH3 is 3. The topological polar surface area (TPSA) is 61.8 Å². The van der Waals surface area contributed by atoms with Gasteiger partial charge in [-0.1, -0.05) is 0 Å². The first-order valence-corrected chi connectivity index (χ1v) is 5.89. The Balaban J connectivity index is 2.51. The second-order valence-electron chi connectivity index (χ2n) is 4.07. The van der Waals surface area contributed by atoms with Gasteiger partial charge in [0.25, 0.3) is 0 Å². The van der Waals surface area contributed by atoms with Gasteiger partial charge in [0.05, 0.1) is 21.3 Å². The van der Waals surface area contributed by atoms with Crippen molar-refractivity contribution in [1.82, 2.24) is 0 Å². The quantitative estimate of drug-likeness (QED) is 0.783. The Bertz CT molecular complexity index is 625. The van der Waals surface area contributed by atoms with Gasteiger partial charge in [-0.2, -0.15) is 0 Å². The predicted molar refractivity (Wildman–Crippen MR) is 72.6 cm³/mol. The number of carbonyl (C=O) groups excluding carboxylic acids is 2. The zero-order valence-corrected chi connectivity index (χ0v) is 11.4. The van der Waals surface area contributed by atoms with E-state index in [9.17, 15) is 9.59 Å². The summed E-state index contributed by atoms with van der Waals surface area (Å²) < 4.78 is 15.2. The minimum absolute atomic E-state index is 0.0283. The summed E-state index contributed by atoms with van der Waals surface area (Å²) in [6.45, 7) is 0. The van der Waals surface area contributed by atoms with E-state index in [1.807, 2.05) is 0 Å². The van der Waals surface area contributed by atoms with Crippen molar-refractivity contribution in [2.45, 2.75) is 0 Å². The molecule has 0 bridgehead atoms. The van der Waals surface area contributed by atoms with Gasteiger partial charge in [0.2, 0.25) is 5.78 Å². The highest BCUT2D eigenvalue weighted by atomic mass is 16.5. The van der Waals surface area contributed by atoms with Gasteiger partial charge in [0.1, 0.15) is 11.5 Å². The van der Waals surface area contributed by atoms with E-state index in [2.05, 4.69) is 0 Å². The van der Waals surface area contributed by atoms with Crippen LogP contribution in [-0.4, -0.2) is 32.9 Å². The molecular formula is C15H14O5. The zero-order valence-electron chi connectivity index (χ0n) is 11.4. The van der Waals surface area contributed by atoms with E-state index in [4.69, 9.17) is 14.2 Å². The molecule has 0 unspecified atom stereocenters. The van der Waals surface area contributed by atoms with E-state index in [1.165, 1.54) is 33.5 Å². The summed E-state index contributed by atoms with van der Waals surface area (Å²) in [5, 5.41) is 0. The van der Waals surface area contributed by atoms with Crippen molar-refractivity contribution in [3.8, 4) is 11.5 Å². The van der Waals surface area contributed by atoms with Crippen LogP contribution in [0.2, 0.25) is 0 Å². The maximum absolute atomic E-state index is 12.1. The van der Waals surface area contributed by atoms with E-state index in [0.717, 1.165) is 0 Å². The van der Waals surface area contributed by atoms with E-state index >= 15 is 0 Å². The van der Waals surface area contributed by atoms with Crippen LogP contribution in [-0.2, 0) is 14.3 Å². The SMILES string of the molecule is COC1=CC(=O)C(c2cc(OC)ccc2OC)=CC1=O. The molecule has 20 heavy (non-hydrogen) atoms. The lowest BCUT2D eigenvalue weighted by molar-refractivity contribution is -0.116. The Labute approximate surface area is 116 Å². The van der Waals surface area contributed by atoms with Gasteiger partial charge >= 0.3 is 0 Å². The average molecular weight is 274 g/mol. The number of hydrogen-bond acceptors (Lipinski definition) is 5. The number of allylic oxidation sites excluding steroid dienone is 3. The van der Waals surface area contributed by atoms with Gasteiger partial charge in [-0.05, 0) is 18.2 Å². The van der Waals surface area contributed by atoms with Crippen molar-refractivity contribution < 1.29 is 23.8 Å². The van der Waals surface area contributed by atoms with E-state index in [-0.39, 0.29) is 22.9 Å². The normalized spacial score (nSPS) is 14.6. The molecule has 0 heterocycles. The molecule has 0 spiro atoms. The molecule has 0 saturated heterocycles. The number of carbonyl (C=O) groups is 2.